The van der Waals surface area contributed by atoms with Crippen LogP contribution in [-0.4, -0.2) is 22.0 Å². The van der Waals surface area contributed by atoms with Crippen molar-refractivity contribution in [3.05, 3.63) is 59.9 Å². The summed E-state index contributed by atoms with van der Waals surface area (Å²) in [5.74, 6) is 0.933. The number of hydrogen-bond acceptors (Lipinski definition) is 2. The molecular formula is C23H24F3N3O. The number of amides is 1. The Kier molecular flexibility index (Phi) is 5.30. The lowest BCUT2D eigenvalue weighted by atomic mass is 10.1. The maximum atomic E-state index is 13.1. The predicted molar refractivity (Wildman–Crippen MR) is 110 cm³/mol. The fraction of sp³-hybridized carbons (Fsp3) is 0.391. The Bertz CT molecular complexity index is 1070. The molecule has 1 saturated heterocycles. The Balaban J connectivity index is 1.68. The number of para-hydroxylation sites is 2. The van der Waals surface area contributed by atoms with E-state index in [4.69, 9.17) is 4.98 Å². The molecule has 2 heterocycles. The number of anilines is 1. The van der Waals surface area contributed by atoms with Crippen molar-refractivity contribution in [1.29, 1.82) is 0 Å². The SMILES string of the molecule is CC[C@@H](C)Cn1c([C@@H]2CC(=O)N(c3cccc(C(F)(F)F)c3)C2)nc2ccccc21. The lowest BCUT2D eigenvalue weighted by Crippen LogP contribution is -2.25. The quantitative estimate of drug-likeness (QED) is 0.542. The highest BCUT2D eigenvalue weighted by Crippen LogP contribution is 2.36. The van der Waals surface area contributed by atoms with Gasteiger partial charge in [0.15, 0.2) is 0 Å². The van der Waals surface area contributed by atoms with Gasteiger partial charge in [-0.05, 0) is 36.2 Å². The molecule has 3 aromatic rings. The fourth-order valence-electron chi connectivity index (χ4n) is 4.02. The van der Waals surface area contributed by atoms with Gasteiger partial charge in [0.2, 0.25) is 5.91 Å². The number of benzene rings is 2. The van der Waals surface area contributed by atoms with Gasteiger partial charge in [-0.2, -0.15) is 13.2 Å². The van der Waals surface area contributed by atoms with E-state index in [0.717, 1.165) is 42.0 Å². The minimum absolute atomic E-state index is 0.163. The summed E-state index contributed by atoms with van der Waals surface area (Å²) >= 11 is 0. The summed E-state index contributed by atoms with van der Waals surface area (Å²) in [6.45, 7) is 5.43. The Morgan fingerprint density at radius 2 is 1.93 bits per heavy atom. The van der Waals surface area contributed by atoms with Crippen LogP contribution in [-0.2, 0) is 17.5 Å². The van der Waals surface area contributed by atoms with Crippen LogP contribution in [0.15, 0.2) is 48.5 Å². The maximum absolute atomic E-state index is 13.1. The highest BCUT2D eigenvalue weighted by Gasteiger charge is 2.36. The fourth-order valence-corrected chi connectivity index (χ4v) is 4.02. The second-order valence-electron chi connectivity index (χ2n) is 8.04. The second kappa shape index (κ2) is 7.78. The summed E-state index contributed by atoms with van der Waals surface area (Å²) in [5.41, 5.74) is 1.43. The summed E-state index contributed by atoms with van der Waals surface area (Å²) < 4.78 is 41.5. The van der Waals surface area contributed by atoms with Crippen molar-refractivity contribution in [3.63, 3.8) is 0 Å². The van der Waals surface area contributed by atoms with E-state index in [9.17, 15) is 18.0 Å². The van der Waals surface area contributed by atoms with E-state index in [1.807, 2.05) is 24.3 Å². The zero-order chi connectivity index (χ0) is 21.5. The molecule has 0 saturated carbocycles. The molecule has 0 bridgehead atoms. The zero-order valence-electron chi connectivity index (χ0n) is 17.0. The van der Waals surface area contributed by atoms with Crippen LogP contribution in [0.1, 0.15) is 44.0 Å². The molecule has 1 amide bonds. The Labute approximate surface area is 173 Å². The van der Waals surface area contributed by atoms with Crippen LogP contribution in [0.2, 0.25) is 0 Å². The minimum atomic E-state index is -4.44. The standard InChI is InChI=1S/C23H24F3N3O/c1-3-15(2)13-29-20-10-5-4-9-19(20)27-22(29)16-11-21(30)28(14-16)18-8-6-7-17(12-18)23(24,25)26/h4-10,12,15-16H,3,11,13-14H2,1-2H3/t15-,16-/m1/s1. The first-order valence-corrected chi connectivity index (χ1v) is 10.2. The van der Waals surface area contributed by atoms with Gasteiger partial charge in [0, 0.05) is 31.1 Å². The van der Waals surface area contributed by atoms with Gasteiger partial charge in [-0.3, -0.25) is 4.79 Å². The van der Waals surface area contributed by atoms with Gasteiger partial charge in [-0.25, -0.2) is 4.98 Å². The van der Waals surface area contributed by atoms with E-state index in [1.165, 1.54) is 11.0 Å². The van der Waals surface area contributed by atoms with Crippen molar-refractivity contribution in [2.75, 3.05) is 11.4 Å². The molecule has 1 fully saturated rings. The number of carbonyl (C=O) groups excluding carboxylic acids is 1. The average molecular weight is 415 g/mol. The summed E-state index contributed by atoms with van der Waals surface area (Å²) in [6.07, 6.45) is -3.19. The number of rotatable bonds is 5. The highest BCUT2D eigenvalue weighted by molar-refractivity contribution is 5.96. The molecule has 1 aliphatic heterocycles. The number of aromatic nitrogens is 2. The molecule has 7 heteroatoms. The van der Waals surface area contributed by atoms with Crippen molar-refractivity contribution < 1.29 is 18.0 Å². The van der Waals surface area contributed by atoms with Gasteiger partial charge in [0.25, 0.3) is 0 Å². The van der Waals surface area contributed by atoms with E-state index in [2.05, 4.69) is 18.4 Å². The van der Waals surface area contributed by atoms with Crippen LogP contribution in [0.3, 0.4) is 0 Å². The third kappa shape index (κ3) is 3.80. The van der Waals surface area contributed by atoms with Crippen molar-refractivity contribution >= 4 is 22.6 Å². The van der Waals surface area contributed by atoms with Crippen molar-refractivity contribution in [2.24, 2.45) is 5.92 Å². The smallest absolute Gasteiger partial charge is 0.327 e. The largest absolute Gasteiger partial charge is 0.416 e. The lowest BCUT2D eigenvalue weighted by Gasteiger charge is -2.19. The van der Waals surface area contributed by atoms with E-state index in [1.54, 1.807) is 6.07 Å². The first-order chi connectivity index (χ1) is 14.3. The van der Waals surface area contributed by atoms with Crippen LogP contribution in [0, 0.1) is 5.92 Å². The number of imidazole rings is 1. The molecule has 2 aromatic carbocycles. The molecule has 0 unspecified atom stereocenters. The number of fused-ring (bicyclic) bond motifs is 1. The van der Waals surface area contributed by atoms with Crippen LogP contribution in [0.4, 0.5) is 18.9 Å². The van der Waals surface area contributed by atoms with Gasteiger partial charge < -0.3 is 9.47 Å². The molecule has 0 aliphatic carbocycles. The predicted octanol–water partition coefficient (Wildman–Crippen LogP) is 5.62. The van der Waals surface area contributed by atoms with Crippen LogP contribution >= 0.6 is 0 Å². The Morgan fingerprint density at radius 1 is 1.17 bits per heavy atom. The van der Waals surface area contributed by atoms with Gasteiger partial charge in [0.1, 0.15) is 5.82 Å². The number of hydrogen-bond donors (Lipinski definition) is 0. The average Bonchev–Trinajstić information content (AvgIpc) is 3.28. The Hall–Kier alpha value is -2.83. The molecule has 30 heavy (non-hydrogen) atoms. The normalized spacial score (nSPS) is 18.4. The molecule has 0 radical (unpaired) electrons. The topological polar surface area (TPSA) is 38.1 Å². The molecule has 0 N–H and O–H groups in total. The van der Waals surface area contributed by atoms with Crippen LogP contribution < -0.4 is 4.90 Å². The first-order valence-electron chi connectivity index (χ1n) is 10.2. The maximum Gasteiger partial charge on any atom is 0.416 e. The van der Waals surface area contributed by atoms with Crippen molar-refractivity contribution in [2.45, 2.75) is 45.3 Å². The summed E-state index contributed by atoms with van der Waals surface area (Å²) in [5, 5.41) is 0. The van der Waals surface area contributed by atoms with E-state index in [-0.39, 0.29) is 23.9 Å². The molecule has 4 rings (SSSR count). The summed E-state index contributed by atoms with van der Waals surface area (Å²) in [7, 11) is 0. The first kappa shape index (κ1) is 20.4. The van der Waals surface area contributed by atoms with E-state index in [0.29, 0.717) is 12.5 Å². The monoisotopic (exact) mass is 415 g/mol. The van der Waals surface area contributed by atoms with E-state index < -0.39 is 11.7 Å². The zero-order valence-corrected chi connectivity index (χ0v) is 17.0. The molecule has 1 aliphatic rings. The van der Waals surface area contributed by atoms with Crippen LogP contribution in [0.25, 0.3) is 11.0 Å². The van der Waals surface area contributed by atoms with E-state index >= 15 is 0 Å². The third-order valence-electron chi connectivity index (χ3n) is 5.85. The van der Waals surface area contributed by atoms with Crippen molar-refractivity contribution in [1.82, 2.24) is 9.55 Å². The molecule has 4 nitrogen and oxygen atoms in total. The second-order valence-corrected chi connectivity index (χ2v) is 8.04. The molecule has 0 spiro atoms. The summed E-state index contributed by atoms with van der Waals surface area (Å²) in [4.78, 5) is 19.0. The minimum Gasteiger partial charge on any atom is -0.327 e. The molecular weight excluding hydrogens is 391 g/mol. The van der Waals surface area contributed by atoms with Gasteiger partial charge in [-0.15, -0.1) is 0 Å². The third-order valence-corrected chi connectivity index (χ3v) is 5.85. The summed E-state index contributed by atoms with van der Waals surface area (Å²) in [6, 6.07) is 12.8. The van der Waals surface area contributed by atoms with Crippen LogP contribution in [0.5, 0.6) is 0 Å². The lowest BCUT2D eigenvalue weighted by molar-refractivity contribution is -0.137. The Morgan fingerprint density at radius 3 is 2.67 bits per heavy atom. The van der Waals surface area contributed by atoms with Crippen molar-refractivity contribution in [3.8, 4) is 0 Å². The molecule has 158 valence electrons. The number of alkyl halides is 3. The molecule has 1 aromatic heterocycles. The number of carbonyl (C=O) groups is 1. The van der Waals surface area contributed by atoms with Gasteiger partial charge in [0.05, 0.1) is 16.6 Å². The van der Waals surface area contributed by atoms with Gasteiger partial charge in [-0.1, -0.05) is 38.5 Å². The molecule has 2 atom stereocenters. The number of halogens is 3. The van der Waals surface area contributed by atoms with Gasteiger partial charge >= 0.3 is 6.18 Å². The highest BCUT2D eigenvalue weighted by atomic mass is 19.4. The number of nitrogens with zero attached hydrogens (tertiary/aromatic N) is 3.